The van der Waals surface area contributed by atoms with E-state index in [-0.39, 0.29) is 5.54 Å². The van der Waals surface area contributed by atoms with Crippen LogP contribution in [0, 0.1) is 11.8 Å². The Bertz CT molecular complexity index is 272. The predicted octanol–water partition coefficient (Wildman–Crippen LogP) is 2.64. The Kier molecular flexibility index (Phi) is 5.27. The number of ether oxygens (including phenoxy) is 1. The van der Waals surface area contributed by atoms with Gasteiger partial charge in [0.05, 0.1) is 6.10 Å². The molecule has 2 fully saturated rings. The van der Waals surface area contributed by atoms with Crippen LogP contribution in [-0.4, -0.2) is 42.8 Å². The summed E-state index contributed by atoms with van der Waals surface area (Å²) in [5, 5.41) is 0. The van der Waals surface area contributed by atoms with Gasteiger partial charge in [0.15, 0.2) is 0 Å². The van der Waals surface area contributed by atoms with Gasteiger partial charge < -0.3 is 10.5 Å². The molecule has 0 aromatic rings. The van der Waals surface area contributed by atoms with Gasteiger partial charge in [-0.3, -0.25) is 4.90 Å². The maximum Gasteiger partial charge on any atom is 0.0593 e. The van der Waals surface area contributed by atoms with E-state index in [2.05, 4.69) is 25.7 Å². The van der Waals surface area contributed by atoms with Gasteiger partial charge in [-0.2, -0.15) is 0 Å². The van der Waals surface area contributed by atoms with Crippen molar-refractivity contribution in [2.75, 3.05) is 26.2 Å². The zero-order chi connectivity index (χ0) is 13.9. The van der Waals surface area contributed by atoms with Crippen molar-refractivity contribution in [2.24, 2.45) is 17.6 Å². The van der Waals surface area contributed by atoms with Crippen molar-refractivity contribution in [3.63, 3.8) is 0 Å². The molecule has 3 nitrogen and oxygen atoms in total. The van der Waals surface area contributed by atoms with Crippen LogP contribution >= 0.6 is 0 Å². The molecule has 4 atom stereocenters. The van der Waals surface area contributed by atoms with Crippen LogP contribution in [0.4, 0.5) is 0 Å². The molecule has 2 rings (SSSR count). The van der Waals surface area contributed by atoms with Crippen molar-refractivity contribution in [3.05, 3.63) is 0 Å². The van der Waals surface area contributed by atoms with E-state index < -0.39 is 0 Å². The largest absolute Gasteiger partial charge is 0.378 e. The van der Waals surface area contributed by atoms with E-state index in [9.17, 15) is 0 Å². The third-order valence-electron chi connectivity index (χ3n) is 5.06. The molecule has 2 N–H and O–H groups in total. The third-order valence-corrected chi connectivity index (χ3v) is 5.06. The number of hydrogen-bond donors (Lipinski definition) is 1. The Morgan fingerprint density at radius 2 is 1.95 bits per heavy atom. The second-order valence-electron chi connectivity index (χ2n) is 7.02. The molecule has 3 heteroatoms. The van der Waals surface area contributed by atoms with Crippen molar-refractivity contribution >= 4 is 0 Å². The van der Waals surface area contributed by atoms with E-state index in [0.29, 0.717) is 6.10 Å². The Balaban J connectivity index is 2.07. The first-order valence-corrected chi connectivity index (χ1v) is 8.16. The molecular weight excluding hydrogens is 236 g/mol. The van der Waals surface area contributed by atoms with Crippen LogP contribution in [0.15, 0.2) is 0 Å². The first kappa shape index (κ1) is 15.3. The summed E-state index contributed by atoms with van der Waals surface area (Å²) in [6.07, 6.45) is 6.43. The van der Waals surface area contributed by atoms with E-state index in [0.717, 1.165) is 37.8 Å². The lowest BCUT2D eigenvalue weighted by Gasteiger charge is -2.51. The lowest BCUT2D eigenvalue weighted by Crippen LogP contribution is -2.61. The second-order valence-corrected chi connectivity index (χ2v) is 7.02. The first-order valence-electron chi connectivity index (χ1n) is 8.16. The van der Waals surface area contributed by atoms with E-state index in [1.807, 2.05) is 0 Å². The number of likely N-dealkylation sites (tertiary alicyclic amines) is 1. The third kappa shape index (κ3) is 3.50. The normalized spacial score (nSPS) is 41.4. The minimum absolute atomic E-state index is 0.209. The summed E-state index contributed by atoms with van der Waals surface area (Å²) < 4.78 is 5.94. The summed E-state index contributed by atoms with van der Waals surface area (Å²) in [4.78, 5) is 2.71. The monoisotopic (exact) mass is 268 g/mol. The van der Waals surface area contributed by atoms with Gasteiger partial charge in [0.2, 0.25) is 0 Å². The van der Waals surface area contributed by atoms with Gasteiger partial charge in [-0.25, -0.2) is 0 Å². The highest BCUT2D eigenvalue weighted by atomic mass is 16.5. The fraction of sp³-hybridized carbons (Fsp3) is 1.00. The van der Waals surface area contributed by atoms with E-state index in [4.69, 9.17) is 10.5 Å². The molecule has 2 aliphatic rings. The maximum absolute atomic E-state index is 6.22. The molecule has 0 aliphatic carbocycles. The molecule has 0 bridgehead atoms. The van der Waals surface area contributed by atoms with Crippen LogP contribution in [0.5, 0.6) is 0 Å². The Labute approximate surface area is 118 Å². The lowest BCUT2D eigenvalue weighted by atomic mass is 9.80. The maximum atomic E-state index is 6.22. The van der Waals surface area contributed by atoms with Gasteiger partial charge in [0.25, 0.3) is 0 Å². The highest BCUT2D eigenvalue weighted by Crippen LogP contribution is 2.36. The summed E-state index contributed by atoms with van der Waals surface area (Å²) >= 11 is 0. The molecule has 0 aromatic heterocycles. The standard InChI is InChI=1S/C16H32N2O/c1-4-5-15-9-16(12-17,6-7-19-15)18-10-13(2)8-14(3)11-18/h13-15H,4-12,17H2,1-3H3. The second kappa shape index (κ2) is 6.55. The van der Waals surface area contributed by atoms with Gasteiger partial charge in [-0.05, 0) is 37.5 Å². The minimum Gasteiger partial charge on any atom is -0.378 e. The van der Waals surface area contributed by atoms with Crippen molar-refractivity contribution in [2.45, 2.75) is 64.5 Å². The van der Waals surface area contributed by atoms with Crippen molar-refractivity contribution in [1.29, 1.82) is 0 Å². The van der Waals surface area contributed by atoms with E-state index >= 15 is 0 Å². The number of hydrogen-bond acceptors (Lipinski definition) is 3. The molecule has 4 unspecified atom stereocenters. The molecule has 2 heterocycles. The zero-order valence-electron chi connectivity index (χ0n) is 13.0. The summed E-state index contributed by atoms with van der Waals surface area (Å²) in [5.41, 5.74) is 6.43. The van der Waals surface area contributed by atoms with Crippen molar-refractivity contribution in [1.82, 2.24) is 4.90 Å². The van der Waals surface area contributed by atoms with E-state index in [1.54, 1.807) is 0 Å². The fourth-order valence-corrected chi connectivity index (χ4v) is 4.16. The molecule has 0 saturated carbocycles. The van der Waals surface area contributed by atoms with Crippen LogP contribution < -0.4 is 5.73 Å². The van der Waals surface area contributed by atoms with Crippen LogP contribution in [0.3, 0.4) is 0 Å². The Morgan fingerprint density at radius 3 is 2.53 bits per heavy atom. The highest BCUT2D eigenvalue weighted by Gasteiger charge is 2.42. The number of nitrogens with two attached hydrogens (primary N) is 1. The predicted molar refractivity (Wildman–Crippen MR) is 80.2 cm³/mol. The number of piperidine rings is 1. The summed E-state index contributed by atoms with van der Waals surface area (Å²) in [7, 11) is 0. The lowest BCUT2D eigenvalue weighted by molar-refractivity contribution is -0.0884. The van der Waals surface area contributed by atoms with Gasteiger partial charge in [0.1, 0.15) is 0 Å². The van der Waals surface area contributed by atoms with Gasteiger partial charge in [-0.1, -0.05) is 27.2 Å². The summed E-state index contributed by atoms with van der Waals surface area (Å²) in [5.74, 6) is 1.61. The zero-order valence-corrected chi connectivity index (χ0v) is 13.0. The van der Waals surface area contributed by atoms with Crippen molar-refractivity contribution in [3.8, 4) is 0 Å². The molecule has 0 radical (unpaired) electrons. The number of nitrogens with zero attached hydrogens (tertiary/aromatic N) is 1. The Hall–Kier alpha value is -0.120. The molecule has 0 aromatic carbocycles. The van der Waals surface area contributed by atoms with Crippen molar-refractivity contribution < 1.29 is 4.74 Å². The summed E-state index contributed by atoms with van der Waals surface area (Å²) in [6, 6.07) is 0. The molecule has 2 saturated heterocycles. The van der Waals surface area contributed by atoms with Crippen LogP contribution in [0.2, 0.25) is 0 Å². The van der Waals surface area contributed by atoms with Gasteiger partial charge in [0, 0.05) is 31.8 Å². The SMILES string of the molecule is CCCC1CC(CN)(N2CC(C)CC(C)C2)CCO1. The average molecular weight is 268 g/mol. The Morgan fingerprint density at radius 1 is 1.26 bits per heavy atom. The molecule has 0 spiro atoms. The molecule has 2 aliphatic heterocycles. The van der Waals surface area contributed by atoms with Crippen LogP contribution in [0.25, 0.3) is 0 Å². The van der Waals surface area contributed by atoms with Crippen LogP contribution in [0.1, 0.15) is 52.9 Å². The summed E-state index contributed by atoms with van der Waals surface area (Å²) in [6.45, 7) is 11.1. The number of rotatable bonds is 4. The average Bonchev–Trinajstić information content (AvgIpc) is 2.38. The topological polar surface area (TPSA) is 38.5 Å². The quantitative estimate of drug-likeness (QED) is 0.852. The van der Waals surface area contributed by atoms with Gasteiger partial charge >= 0.3 is 0 Å². The van der Waals surface area contributed by atoms with Gasteiger partial charge in [-0.15, -0.1) is 0 Å². The smallest absolute Gasteiger partial charge is 0.0593 e. The minimum atomic E-state index is 0.209. The first-order chi connectivity index (χ1) is 9.09. The fourth-order valence-electron chi connectivity index (χ4n) is 4.16. The molecule has 19 heavy (non-hydrogen) atoms. The molecule has 112 valence electrons. The van der Waals surface area contributed by atoms with Crippen LogP contribution in [-0.2, 0) is 4.74 Å². The highest BCUT2D eigenvalue weighted by molar-refractivity contribution is 4.98. The van der Waals surface area contributed by atoms with E-state index in [1.165, 1.54) is 32.4 Å². The molecule has 0 amide bonds. The molecular formula is C16H32N2O.